The molecule has 0 fully saturated rings. The Morgan fingerprint density at radius 1 is 1.10 bits per heavy atom. The minimum Gasteiger partial charge on any atom is -0.481 e. The maximum Gasteiger partial charge on any atom is 0.326 e. The molecule has 1 aromatic rings. The van der Waals surface area contributed by atoms with Crippen molar-refractivity contribution in [2.45, 2.75) is 51.9 Å². The number of hydrogen-bond acceptors (Lipinski definition) is 6. The van der Waals surface area contributed by atoms with Crippen molar-refractivity contribution < 1.29 is 29.4 Å². The van der Waals surface area contributed by atoms with E-state index in [0.717, 1.165) is 5.56 Å². The molecule has 10 nitrogen and oxygen atoms in total. The van der Waals surface area contributed by atoms with Crippen molar-refractivity contribution in [1.82, 2.24) is 20.5 Å². The molecule has 0 spiro atoms. The van der Waals surface area contributed by atoms with Crippen LogP contribution < -0.4 is 10.6 Å². The van der Waals surface area contributed by atoms with Crippen molar-refractivity contribution in [3.63, 3.8) is 0 Å². The van der Waals surface area contributed by atoms with Gasteiger partial charge in [-0.05, 0) is 30.5 Å². The number of aromatic nitrogens is 1. The van der Waals surface area contributed by atoms with Crippen LogP contribution in [-0.2, 0) is 25.7 Å². The summed E-state index contributed by atoms with van der Waals surface area (Å²) < 4.78 is 0. The third-order valence-electron chi connectivity index (χ3n) is 4.51. The number of likely N-dealkylation sites (N-methyl/N-ethyl adjacent to an activating group) is 1. The smallest absolute Gasteiger partial charge is 0.326 e. The maximum absolute atomic E-state index is 12.9. The summed E-state index contributed by atoms with van der Waals surface area (Å²) in [5.41, 5.74) is 0.949. The van der Waals surface area contributed by atoms with Crippen LogP contribution in [-0.4, -0.2) is 69.0 Å². The van der Waals surface area contributed by atoms with E-state index in [1.165, 1.54) is 18.9 Å². The van der Waals surface area contributed by atoms with E-state index in [4.69, 9.17) is 10.2 Å². The molecule has 1 heterocycles. The Morgan fingerprint density at radius 3 is 2.17 bits per heavy atom. The molecule has 0 unspecified atom stereocenters. The number of nitrogens with zero attached hydrogens (tertiary/aromatic N) is 2. The zero-order valence-electron chi connectivity index (χ0n) is 17.0. The highest BCUT2D eigenvalue weighted by Crippen LogP contribution is 2.10. The molecule has 3 atom stereocenters. The lowest BCUT2D eigenvalue weighted by Gasteiger charge is -2.31. The van der Waals surface area contributed by atoms with E-state index in [-0.39, 0.29) is 11.8 Å². The van der Waals surface area contributed by atoms with E-state index in [2.05, 4.69) is 15.6 Å². The Kier molecular flexibility index (Phi) is 9.20. The van der Waals surface area contributed by atoms with Gasteiger partial charge in [0.2, 0.25) is 11.8 Å². The number of hydrogen-bond donors (Lipinski definition) is 4. The molecular formula is C19H28N4O6. The second kappa shape index (κ2) is 11.1. The minimum atomic E-state index is -1.57. The number of rotatable bonds is 11. The number of aliphatic carboxylic acids is 2. The molecular weight excluding hydrogens is 380 g/mol. The first kappa shape index (κ1) is 24.0. The summed E-state index contributed by atoms with van der Waals surface area (Å²) >= 11 is 0. The second-order valence-corrected chi connectivity index (χ2v) is 7.08. The van der Waals surface area contributed by atoms with Crippen molar-refractivity contribution >= 4 is 23.8 Å². The van der Waals surface area contributed by atoms with Crippen molar-refractivity contribution in [2.24, 2.45) is 5.92 Å². The predicted octanol–water partition coefficient (Wildman–Crippen LogP) is 0.0868. The Labute approximate surface area is 169 Å². The molecule has 1 aromatic heterocycles. The van der Waals surface area contributed by atoms with Gasteiger partial charge in [0.1, 0.15) is 12.1 Å². The van der Waals surface area contributed by atoms with Gasteiger partial charge < -0.3 is 25.7 Å². The summed E-state index contributed by atoms with van der Waals surface area (Å²) in [5.74, 6) is -3.95. The first-order chi connectivity index (χ1) is 13.5. The van der Waals surface area contributed by atoms with Gasteiger partial charge in [0.25, 0.3) is 0 Å². The molecule has 2 amide bonds. The number of nitrogens with one attached hydrogen (secondary N) is 2. The standard InChI is InChI=1S/C19H28N4O6/c1-11(2)16(21-10-13-5-7-20-8-6-13)18(27)23(4)12(3)17(26)22-14(19(28)29)9-15(24)25/h5-8,11-12,14,16,21H,9-10H2,1-4H3,(H,22,26)(H,24,25)(H,28,29)/t12-,14-,16-/m0/s1. The molecule has 0 aliphatic rings. The van der Waals surface area contributed by atoms with E-state index in [9.17, 15) is 19.2 Å². The number of carbonyl (C=O) groups excluding carboxylic acids is 2. The number of pyridine rings is 1. The SMILES string of the molecule is CC(C)[C@H](NCc1ccncc1)C(=O)N(C)[C@@H](C)C(=O)N[C@@H](CC(=O)O)C(=O)O. The van der Waals surface area contributed by atoms with Crippen molar-refractivity contribution in [3.8, 4) is 0 Å². The molecule has 0 aromatic carbocycles. The lowest BCUT2D eigenvalue weighted by atomic mass is 10.0. The van der Waals surface area contributed by atoms with Crippen molar-refractivity contribution in [3.05, 3.63) is 30.1 Å². The third-order valence-corrected chi connectivity index (χ3v) is 4.51. The van der Waals surface area contributed by atoms with Crippen LogP contribution in [0.25, 0.3) is 0 Å². The molecule has 4 N–H and O–H groups in total. The van der Waals surface area contributed by atoms with Crippen molar-refractivity contribution in [1.29, 1.82) is 0 Å². The van der Waals surface area contributed by atoms with Gasteiger partial charge in [0, 0.05) is 26.0 Å². The Morgan fingerprint density at radius 2 is 1.69 bits per heavy atom. The molecule has 160 valence electrons. The van der Waals surface area contributed by atoms with Crippen LogP contribution in [0.5, 0.6) is 0 Å². The zero-order valence-corrected chi connectivity index (χ0v) is 17.0. The summed E-state index contributed by atoms with van der Waals surface area (Å²) in [4.78, 5) is 52.4. The van der Waals surface area contributed by atoms with E-state index in [0.29, 0.717) is 6.54 Å². The van der Waals surface area contributed by atoms with Gasteiger partial charge in [-0.1, -0.05) is 13.8 Å². The second-order valence-electron chi connectivity index (χ2n) is 7.08. The van der Waals surface area contributed by atoms with Crippen LogP contribution in [0.4, 0.5) is 0 Å². The molecule has 1 rings (SSSR count). The van der Waals surface area contributed by atoms with Gasteiger partial charge in [-0.2, -0.15) is 0 Å². The fourth-order valence-electron chi connectivity index (χ4n) is 2.59. The van der Waals surface area contributed by atoms with Crippen LogP contribution >= 0.6 is 0 Å². The van der Waals surface area contributed by atoms with Crippen molar-refractivity contribution in [2.75, 3.05) is 7.05 Å². The van der Waals surface area contributed by atoms with Crippen LogP contribution in [0.3, 0.4) is 0 Å². The van der Waals surface area contributed by atoms with Gasteiger partial charge in [-0.3, -0.25) is 19.4 Å². The number of carboxylic acids is 2. The Bertz CT molecular complexity index is 725. The Balaban J connectivity index is 2.79. The molecule has 10 heteroatoms. The molecule has 0 bridgehead atoms. The quantitative estimate of drug-likeness (QED) is 0.402. The summed E-state index contributed by atoms with van der Waals surface area (Å²) in [6.45, 7) is 5.63. The van der Waals surface area contributed by atoms with Gasteiger partial charge in [0.05, 0.1) is 12.5 Å². The molecule has 0 aliphatic heterocycles. The van der Waals surface area contributed by atoms with E-state index in [1.807, 2.05) is 26.0 Å². The summed E-state index contributed by atoms with van der Waals surface area (Å²) in [7, 11) is 1.45. The average Bonchev–Trinajstić information content (AvgIpc) is 2.66. The van der Waals surface area contributed by atoms with Gasteiger partial charge in [-0.25, -0.2) is 4.79 Å². The minimum absolute atomic E-state index is 0.0687. The maximum atomic E-state index is 12.9. The summed E-state index contributed by atoms with van der Waals surface area (Å²) in [6.07, 6.45) is 2.54. The van der Waals surface area contributed by atoms with Crippen LogP contribution in [0, 0.1) is 5.92 Å². The largest absolute Gasteiger partial charge is 0.481 e. The molecule has 0 radical (unpaired) electrons. The summed E-state index contributed by atoms with van der Waals surface area (Å²) in [5, 5.41) is 23.2. The lowest BCUT2D eigenvalue weighted by molar-refractivity contribution is -0.148. The topological polar surface area (TPSA) is 149 Å². The molecule has 0 saturated carbocycles. The number of carbonyl (C=O) groups is 4. The van der Waals surface area contributed by atoms with Crippen LogP contribution in [0.15, 0.2) is 24.5 Å². The van der Waals surface area contributed by atoms with Crippen LogP contribution in [0.2, 0.25) is 0 Å². The average molecular weight is 408 g/mol. The highest BCUT2D eigenvalue weighted by atomic mass is 16.4. The first-order valence-electron chi connectivity index (χ1n) is 9.18. The summed E-state index contributed by atoms with van der Waals surface area (Å²) in [6, 6.07) is 0.517. The zero-order chi connectivity index (χ0) is 22.1. The third kappa shape index (κ3) is 7.49. The monoisotopic (exact) mass is 408 g/mol. The van der Waals surface area contributed by atoms with E-state index >= 15 is 0 Å². The number of amides is 2. The fourth-order valence-corrected chi connectivity index (χ4v) is 2.59. The highest BCUT2D eigenvalue weighted by molar-refractivity contribution is 5.92. The first-order valence-corrected chi connectivity index (χ1v) is 9.18. The van der Waals surface area contributed by atoms with E-state index in [1.54, 1.807) is 12.4 Å². The van der Waals surface area contributed by atoms with Crippen LogP contribution in [0.1, 0.15) is 32.8 Å². The molecule has 29 heavy (non-hydrogen) atoms. The van der Waals surface area contributed by atoms with Gasteiger partial charge in [0.15, 0.2) is 0 Å². The van der Waals surface area contributed by atoms with Gasteiger partial charge in [-0.15, -0.1) is 0 Å². The molecule has 0 saturated heterocycles. The molecule has 0 aliphatic carbocycles. The van der Waals surface area contributed by atoms with E-state index < -0.39 is 42.4 Å². The predicted molar refractivity (Wildman–Crippen MR) is 104 cm³/mol. The Hall–Kier alpha value is -3.01. The lowest BCUT2D eigenvalue weighted by Crippen LogP contribution is -2.55. The normalized spacial score (nSPS) is 14.0. The highest BCUT2D eigenvalue weighted by Gasteiger charge is 2.32. The fraction of sp³-hybridized carbons (Fsp3) is 0.526. The van der Waals surface area contributed by atoms with Gasteiger partial charge >= 0.3 is 11.9 Å². The number of carboxylic acid groups (broad SMARTS) is 2.